The Bertz CT molecular complexity index is 1840. The molecule has 1 aromatic carbocycles. The zero-order valence-corrected chi connectivity index (χ0v) is 31.3. The molecule has 53 heavy (non-hydrogen) atoms. The summed E-state index contributed by atoms with van der Waals surface area (Å²) >= 11 is 0. The van der Waals surface area contributed by atoms with Gasteiger partial charge in [-0.15, -0.1) is 0 Å². The number of fused-ring (bicyclic) bond motifs is 1. The first-order valence-corrected chi connectivity index (χ1v) is 18.9. The van der Waals surface area contributed by atoms with Gasteiger partial charge in [0.15, 0.2) is 0 Å². The third kappa shape index (κ3) is 10.1. The molecule has 3 aliphatic rings. The summed E-state index contributed by atoms with van der Waals surface area (Å²) in [5.41, 5.74) is 9.55. The van der Waals surface area contributed by atoms with E-state index in [9.17, 15) is 4.79 Å². The van der Waals surface area contributed by atoms with Crippen molar-refractivity contribution >= 4 is 23.5 Å². The topological polar surface area (TPSA) is 175 Å². The van der Waals surface area contributed by atoms with Crippen molar-refractivity contribution in [2.75, 3.05) is 45.9 Å². The van der Waals surface area contributed by atoms with Gasteiger partial charge in [0, 0.05) is 56.5 Å². The van der Waals surface area contributed by atoms with E-state index in [1.54, 1.807) is 35.2 Å². The van der Waals surface area contributed by atoms with Crippen molar-refractivity contribution in [3.63, 3.8) is 0 Å². The van der Waals surface area contributed by atoms with Crippen LogP contribution in [0.4, 0.5) is 10.5 Å². The molecule has 14 heteroatoms. The van der Waals surface area contributed by atoms with Gasteiger partial charge in [-0.3, -0.25) is 30.3 Å². The molecule has 0 bridgehead atoms. The highest BCUT2D eigenvalue weighted by Gasteiger charge is 2.30. The Morgan fingerprint density at radius 3 is 2.55 bits per heavy atom. The van der Waals surface area contributed by atoms with Crippen molar-refractivity contribution in [2.24, 2.45) is 16.1 Å². The number of carbonyl (C=O) groups is 1. The Morgan fingerprint density at radius 1 is 1.04 bits per heavy atom. The number of amidine groups is 1. The number of carbonyl (C=O) groups excluding carboxylic acids is 1. The van der Waals surface area contributed by atoms with E-state index in [4.69, 9.17) is 31.0 Å². The predicted molar refractivity (Wildman–Crippen MR) is 205 cm³/mol. The average Bonchev–Trinajstić information content (AvgIpc) is 3.60. The fraction of sp³-hybridized carbons (Fsp3) is 0.513. The van der Waals surface area contributed by atoms with Crippen molar-refractivity contribution in [1.82, 2.24) is 34.8 Å². The zero-order valence-electron chi connectivity index (χ0n) is 31.3. The number of nitrogens with two attached hydrogens (primary N) is 1. The number of piperidine rings is 1. The molecule has 2 amide bonds. The summed E-state index contributed by atoms with van der Waals surface area (Å²) < 4.78 is 15.4. The van der Waals surface area contributed by atoms with E-state index >= 15 is 0 Å². The number of aliphatic imine (C=N–C) groups is 1. The van der Waals surface area contributed by atoms with E-state index in [0.29, 0.717) is 41.8 Å². The summed E-state index contributed by atoms with van der Waals surface area (Å²) in [6, 6.07) is 10.8. The first kappa shape index (κ1) is 37.8. The first-order valence-electron chi connectivity index (χ1n) is 18.9. The molecule has 2 aliphatic heterocycles. The second-order valence-corrected chi connectivity index (χ2v) is 15.1. The molecule has 2 aromatic heterocycles. The molecular weight excluding hydrogens is 671 g/mol. The van der Waals surface area contributed by atoms with Gasteiger partial charge >= 0.3 is 6.03 Å². The molecular formula is C39H55N11O3. The van der Waals surface area contributed by atoms with Crippen molar-refractivity contribution < 1.29 is 14.3 Å². The number of aromatic nitrogens is 3. The Labute approximate surface area is 312 Å². The molecule has 6 N–H and O–H groups in total. The number of benzene rings is 1. The lowest BCUT2D eigenvalue weighted by Crippen LogP contribution is -2.43. The molecule has 1 aliphatic carbocycles. The number of morpholine rings is 1. The maximum absolute atomic E-state index is 13.6. The van der Waals surface area contributed by atoms with Gasteiger partial charge in [0.1, 0.15) is 28.9 Å². The van der Waals surface area contributed by atoms with Crippen LogP contribution in [-0.4, -0.2) is 87.9 Å². The van der Waals surface area contributed by atoms with Gasteiger partial charge in [0.05, 0.1) is 37.8 Å². The van der Waals surface area contributed by atoms with Crippen molar-refractivity contribution in [3.05, 3.63) is 83.4 Å². The smallest absolute Gasteiger partial charge is 0.320 e. The van der Waals surface area contributed by atoms with Gasteiger partial charge in [0.2, 0.25) is 5.96 Å². The fourth-order valence-electron chi connectivity index (χ4n) is 6.89. The molecule has 2 atom stereocenters. The number of pyridine rings is 1. The van der Waals surface area contributed by atoms with E-state index < -0.39 is 0 Å². The van der Waals surface area contributed by atoms with Crippen molar-refractivity contribution in [3.8, 4) is 5.75 Å². The maximum Gasteiger partial charge on any atom is 0.320 e. The monoisotopic (exact) mass is 725 g/mol. The molecule has 14 nitrogen and oxygen atoms in total. The third-order valence-electron chi connectivity index (χ3n) is 10.1. The second kappa shape index (κ2) is 17.3. The quantitative estimate of drug-likeness (QED) is 0.152. The Morgan fingerprint density at radius 2 is 1.79 bits per heavy atom. The second-order valence-electron chi connectivity index (χ2n) is 15.1. The van der Waals surface area contributed by atoms with Gasteiger partial charge in [-0.1, -0.05) is 45.0 Å². The van der Waals surface area contributed by atoms with E-state index in [1.165, 1.54) is 6.42 Å². The summed E-state index contributed by atoms with van der Waals surface area (Å²) in [5, 5.41) is 27.8. The molecule has 0 spiro atoms. The number of ether oxygens (including phenoxy) is 2. The minimum atomic E-state index is -0.387. The number of rotatable bonds is 9. The van der Waals surface area contributed by atoms with Gasteiger partial charge in [-0.05, 0) is 61.8 Å². The predicted octanol–water partition coefficient (Wildman–Crippen LogP) is 5.03. The van der Waals surface area contributed by atoms with Crippen molar-refractivity contribution in [2.45, 2.75) is 78.0 Å². The molecule has 0 radical (unpaired) electrons. The molecule has 6 rings (SSSR count). The number of amides is 2. The molecule has 0 saturated carbocycles. The number of aryl methyl sites for hydroxylation is 1. The lowest BCUT2D eigenvalue weighted by atomic mass is 9.85. The first-order chi connectivity index (χ1) is 25.5. The summed E-state index contributed by atoms with van der Waals surface area (Å²) in [7, 11) is 0. The molecule has 3 aromatic rings. The summed E-state index contributed by atoms with van der Waals surface area (Å²) in [4.78, 5) is 22.8. The van der Waals surface area contributed by atoms with Gasteiger partial charge in [0.25, 0.3) is 0 Å². The highest BCUT2D eigenvalue weighted by Crippen LogP contribution is 2.38. The average molecular weight is 726 g/mol. The fourth-order valence-corrected chi connectivity index (χ4v) is 6.89. The van der Waals surface area contributed by atoms with Crippen LogP contribution in [0.3, 0.4) is 0 Å². The number of nitrogens with zero attached hydrogens (tertiary/aromatic N) is 6. The lowest BCUT2D eigenvalue weighted by molar-refractivity contribution is 0.0368. The van der Waals surface area contributed by atoms with Gasteiger partial charge in [-0.2, -0.15) is 5.10 Å². The molecule has 284 valence electrons. The van der Waals surface area contributed by atoms with Gasteiger partial charge < -0.3 is 25.4 Å². The number of nitrogens with one attached hydrogen (secondary N) is 4. The molecule has 2 fully saturated rings. The van der Waals surface area contributed by atoms with E-state index in [-0.39, 0.29) is 29.1 Å². The van der Waals surface area contributed by atoms with Crippen LogP contribution in [0, 0.1) is 16.2 Å². The highest BCUT2D eigenvalue weighted by atomic mass is 16.5. The van der Waals surface area contributed by atoms with Gasteiger partial charge in [-0.25, -0.2) is 9.79 Å². The van der Waals surface area contributed by atoms with E-state index in [1.807, 2.05) is 60.8 Å². The summed E-state index contributed by atoms with van der Waals surface area (Å²) in [6.45, 7) is 12.9. The van der Waals surface area contributed by atoms with Crippen LogP contribution in [-0.2, 0) is 11.3 Å². The van der Waals surface area contributed by atoms with E-state index in [0.717, 1.165) is 82.9 Å². The number of hydrogen-bond donors (Lipinski definition) is 5. The SMILES string of the molecule is CC(C)(C)/C(N)=C/C(=Nc1cnn(CCCN2CCOCC2)c1)NC(=O)NC1CCC(Oc2ccc(=N)n(C(=N)N3CCCCC3)c2)c2ccccc21. The number of allylic oxidation sites excluding steroid dienone is 1. The van der Waals surface area contributed by atoms with Crippen LogP contribution in [0.5, 0.6) is 5.75 Å². The minimum absolute atomic E-state index is 0.238. The normalized spacial score (nSPS) is 20.1. The third-order valence-corrected chi connectivity index (χ3v) is 10.1. The maximum atomic E-state index is 13.6. The Kier molecular flexibility index (Phi) is 12.3. The number of urea groups is 1. The molecule has 2 saturated heterocycles. The van der Waals surface area contributed by atoms with Crippen molar-refractivity contribution in [1.29, 1.82) is 10.8 Å². The minimum Gasteiger partial charge on any atom is -0.484 e. The number of likely N-dealkylation sites (tertiary alicyclic amines) is 1. The summed E-state index contributed by atoms with van der Waals surface area (Å²) in [5.74, 6) is 1.22. The van der Waals surface area contributed by atoms with Crippen LogP contribution in [0.2, 0.25) is 0 Å². The van der Waals surface area contributed by atoms with E-state index in [2.05, 4.69) is 20.6 Å². The van der Waals surface area contributed by atoms with Crippen LogP contribution >= 0.6 is 0 Å². The molecule has 2 unspecified atom stereocenters. The van der Waals surface area contributed by atoms with Crippen LogP contribution in [0.15, 0.2) is 71.8 Å². The zero-order chi connectivity index (χ0) is 37.4. The molecule has 4 heterocycles. The Hall–Kier alpha value is -4.95. The summed E-state index contributed by atoms with van der Waals surface area (Å²) in [6.07, 6.45) is 12.3. The standard InChI is InChI=1S/C39H55N11O3/c1-39(2,3)34(40)24-36(44-28-25-43-49(26-28)19-9-16-47-20-22-52-23-21-47)46-38(51)45-32-13-14-33(31-11-6-5-10-30(31)32)53-29-12-15-35(41)50(27-29)37(42)48-17-7-4-8-18-48/h5-6,10-12,15,24-27,32-33,41-42H,4,7-9,13-14,16-23,40H2,1-3H3,(H2,44,45,46,51)/b34-24-,41-35?,42-37?. The Balaban J connectivity index is 1.12. The van der Waals surface area contributed by atoms with Crippen LogP contribution in [0.25, 0.3) is 0 Å². The largest absolute Gasteiger partial charge is 0.484 e. The highest BCUT2D eigenvalue weighted by molar-refractivity contribution is 6.05. The van der Waals surface area contributed by atoms with Crippen LogP contribution < -0.4 is 26.6 Å². The number of hydrogen-bond acceptors (Lipinski definition) is 9. The van der Waals surface area contributed by atoms with Crippen LogP contribution in [0.1, 0.15) is 82.6 Å². The lowest BCUT2D eigenvalue weighted by Gasteiger charge is -2.33.